The minimum absolute atomic E-state index is 0.837. The summed E-state index contributed by atoms with van der Waals surface area (Å²) in [6.45, 7) is 0. The van der Waals surface area contributed by atoms with Crippen molar-refractivity contribution in [1.29, 1.82) is 0 Å². The molecule has 10 heavy (non-hydrogen) atoms. The zero-order chi connectivity index (χ0) is 6.97. The Bertz CT molecular complexity index is 355. The Morgan fingerprint density at radius 3 is 2.90 bits per heavy atom. The van der Waals surface area contributed by atoms with Gasteiger partial charge < -0.3 is 5.21 Å². The van der Waals surface area contributed by atoms with Crippen molar-refractivity contribution >= 4 is 19.3 Å². The molecular formula is C7H6NOP. The molecule has 0 aliphatic carbocycles. The van der Waals surface area contributed by atoms with Crippen LogP contribution in [0.3, 0.4) is 0 Å². The highest BCUT2D eigenvalue weighted by Gasteiger charge is 1.95. The predicted octanol–water partition coefficient (Wildman–Crippen LogP) is 2.46. The van der Waals surface area contributed by atoms with E-state index in [1.807, 2.05) is 30.1 Å². The topological polar surface area (TPSA) is 25.2 Å². The number of hydrogen-bond donors (Lipinski definition) is 1. The van der Waals surface area contributed by atoms with Gasteiger partial charge in [0, 0.05) is 5.39 Å². The largest absolute Gasteiger partial charge is 0.425 e. The lowest BCUT2D eigenvalue weighted by atomic mass is 10.3. The van der Waals surface area contributed by atoms with Crippen molar-refractivity contribution in [3.8, 4) is 0 Å². The highest BCUT2D eigenvalue weighted by molar-refractivity contribution is 7.25. The summed E-state index contributed by atoms with van der Waals surface area (Å²) in [5.74, 6) is 1.97. The smallest absolute Gasteiger partial charge is 0.0915 e. The Labute approximate surface area is 59.8 Å². The Kier molecular flexibility index (Phi) is 1.15. The van der Waals surface area contributed by atoms with E-state index >= 15 is 0 Å². The summed E-state index contributed by atoms with van der Waals surface area (Å²) in [4.78, 5) is 0. The number of para-hydroxylation sites is 1. The summed E-state index contributed by atoms with van der Waals surface area (Å²) < 4.78 is 1.22. The van der Waals surface area contributed by atoms with Crippen molar-refractivity contribution in [1.82, 2.24) is 4.49 Å². The van der Waals surface area contributed by atoms with Gasteiger partial charge in [-0.2, -0.15) is 4.49 Å². The first kappa shape index (κ1) is 5.75. The molecule has 2 rings (SSSR count). The fourth-order valence-corrected chi connectivity index (χ4v) is 1.72. The Morgan fingerprint density at radius 2 is 2.10 bits per heavy atom. The zero-order valence-corrected chi connectivity index (χ0v) is 6.12. The third-order valence-electron chi connectivity index (χ3n) is 1.46. The molecule has 0 atom stereocenters. The molecule has 0 spiro atoms. The van der Waals surface area contributed by atoms with Crippen molar-refractivity contribution in [2.45, 2.75) is 0 Å². The molecule has 1 aromatic heterocycles. The number of nitrogens with zero attached hydrogens (tertiary/aromatic N) is 1. The van der Waals surface area contributed by atoms with Crippen LogP contribution in [0.4, 0.5) is 0 Å². The molecule has 1 aromatic carbocycles. The van der Waals surface area contributed by atoms with Crippen LogP contribution in [0, 0.1) is 0 Å². The zero-order valence-electron chi connectivity index (χ0n) is 5.23. The molecule has 0 aliphatic heterocycles. The summed E-state index contributed by atoms with van der Waals surface area (Å²) in [5, 5.41) is 10.3. The van der Waals surface area contributed by atoms with Crippen molar-refractivity contribution < 1.29 is 5.21 Å². The highest BCUT2D eigenvalue weighted by Crippen LogP contribution is 2.19. The minimum atomic E-state index is 0.837. The molecule has 2 aromatic rings. The van der Waals surface area contributed by atoms with E-state index in [0.29, 0.717) is 0 Å². The number of hydrogen-bond acceptors (Lipinski definition) is 1. The molecular weight excluding hydrogens is 145 g/mol. The Morgan fingerprint density at radius 1 is 1.30 bits per heavy atom. The summed E-state index contributed by atoms with van der Waals surface area (Å²) in [6.07, 6.45) is 0. The average molecular weight is 151 g/mol. The van der Waals surface area contributed by atoms with Gasteiger partial charge in [-0.25, -0.2) is 0 Å². The molecule has 0 aliphatic rings. The van der Waals surface area contributed by atoms with Gasteiger partial charge in [0.15, 0.2) is 0 Å². The third-order valence-corrected chi connectivity index (χ3v) is 2.29. The van der Waals surface area contributed by atoms with E-state index in [0.717, 1.165) is 19.3 Å². The summed E-state index contributed by atoms with van der Waals surface area (Å²) in [6, 6.07) is 7.76. The molecule has 0 fully saturated rings. The van der Waals surface area contributed by atoms with Gasteiger partial charge in [0.25, 0.3) is 0 Å². The summed E-state index contributed by atoms with van der Waals surface area (Å²) in [7, 11) is 0.837. The lowest BCUT2D eigenvalue weighted by Gasteiger charge is -1.90. The summed E-state index contributed by atoms with van der Waals surface area (Å²) in [5.41, 5.74) is 0.893. The van der Waals surface area contributed by atoms with Gasteiger partial charge in [0.1, 0.15) is 0 Å². The van der Waals surface area contributed by atoms with Crippen molar-refractivity contribution in [2.24, 2.45) is 0 Å². The van der Waals surface area contributed by atoms with E-state index in [9.17, 15) is 5.21 Å². The lowest BCUT2D eigenvalue weighted by Crippen LogP contribution is -1.79. The monoisotopic (exact) mass is 151 g/mol. The van der Waals surface area contributed by atoms with E-state index < -0.39 is 0 Å². The lowest BCUT2D eigenvalue weighted by molar-refractivity contribution is 0.232. The van der Waals surface area contributed by atoms with E-state index in [1.54, 1.807) is 0 Å². The number of rotatable bonds is 0. The van der Waals surface area contributed by atoms with Gasteiger partial charge in [0.05, 0.1) is 13.9 Å². The number of aromatic nitrogens is 1. The SMILES string of the molecule is On1pcc2ccccc21. The maximum absolute atomic E-state index is 9.17. The molecule has 2 nitrogen and oxygen atoms in total. The maximum Gasteiger partial charge on any atom is 0.0915 e. The van der Waals surface area contributed by atoms with Crippen LogP contribution in [0.25, 0.3) is 10.9 Å². The normalized spacial score (nSPS) is 11.2. The van der Waals surface area contributed by atoms with Crippen LogP contribution >= 0.6 is 8.35 Å². The molecule has 1 heterocycles. The van der Waals surface area contributed by atoms with E-state index in [4.69, 9.17) is 0 Å². The van der Waals surface area contributed by atoms with Crippen LogP contribution in [0.2, 0.25) is 0 Å². The Hall–Kier alpha value is -1.01. The molecule has 0 unspecified atom stereocenters. The fraction of sp³-hybridized carbons (Fsp3) is 0. The van der Waals surface area contributed by atoms with Gasteiger partial charge >= 0.3 is 0 Å². The average Bonchev–Trinajstić information content (AvgIpc) is 2.34. The standard InChI is InChI=1S/C7H6NOP/c9-8-7-4-2-1-3-6(7)5-10-8/h1-5,9H. The molecule has 0 bridgehead atoms. The van der Waals surface area contributed by atoms with Crippen molar-refractivity contribution in [3.05, 3.63) is 30.1 Å². The third kappa shape index (κ3) is 0.695. The molecule has 0 radical (unpaired) electrons. The molecule has 1 N–H and O–H groups in total. The fourth-order valence-electron chi connectivity index (χ4n) is 0.958. The first-order valence-corrected chi connectivity index (χ1v) is 3.91. The number of benzene rings is 1. The quantitative estimate of drug-likeness (QED) is 0.575. The van der Waals surface area contributed by atoms with Gasteiger partial charge in [0.2, 0.25) is 0 Å². The number of fused-ring (bicyclic) bond motifs is 1. The van der Waals surface area contributed by atoms with Crippen LogP contribution in [0.5, 0.6) is 0 Å². The highest BCUT2D eigenvalue weighted by atomic mass is 31.0. The van der Waals surface area contributed by atoms with Gasteiger partial charge in [-0.15, -0.1) is 0 Å². The second kappa shape index (κ2) is 1.99. The minimum Gasteiger partial charge on any atom is -0.425 e. The predicted molar refractivity (Wildman–Crippen MR) is 41.6 cm³/mol. The Balaban J connectivity index is 2.93. The van der Waals surface area contributed by atoms with E-state index in [-0.39, 0.29) is 0 Å². The van der Waals surface area contributed by atoms with Crippen LogP contribution in [-0.2, 0) is 0 Å². The van der Waals surface area contributed by atoms with Gasteiger partial charge in [-0.1, -0.05) is 18.2 Å². The first-order chi connectivity index (χ1) is 4.88. The second-order valence-electron chi connectivity index (χ2n) is 2.09. The molecule has 0 saturated heterocycles. The van der Waals surface area contributed by atoms with Crippen LogP contribution in [0.1, 0.15) is 0 Å². The van der Waals surface area contributed by atoms with Crippen LogP contribution in [0.15, 0.2) is 30.1 Å². The van der Waals surface area contributed by atoms with Crippen molar-refractivity contribution in [3.63, 3.8) is 0 Å². The molecule has 0 amide bonds. The second-order valence-corrected chi connectivity index (χ2v) is 2.96. The molecule has 3 heteroatoms. The molecule has 50 valence electrons. The van der Waals surface area contributed by atoms with Crippen LogP contribution in [-0.4, -0.2) is 9.70 Å². The molecule has 0 saturated carbocycles. The first-order valence-electron chi connectivity index (χ1n) is 3.00. The van der Waals surface area contributed by atoms with Gasteiger partial charge in [-0.3, -0.25) is 0 Å². The van der Waals surface area contributed by atoms with Crippen molar-refractivity contribution in [2.75, 3.05) is 0 Å². The van der Waals surface area contributed by atoms with Gasteiger partial charge in [-0.05, 0) is 11.9 Å². The maximum atomic E-state index is 9.17. The van der Waals surface area contributed by atoms with E-state index in [1.165, 1.54) is 4.49 Å². The van der Waals surface area contributed by atoms with Crippen LogP contribution < -0.4 is 0 Å². The summed E-state index contributed by atoms with van der Waals surface area (Å²) >= 11 is 0. The van der Waals surface area contributed by atoms with E-state index in [2.05, 4.69) is 0 Å².